The van der Waals surface area contributed by atoms with E-state index in [-0.39, 0.29) is 5.91 Å². The fraction of sp³-hybridized carbons (Fsp3) is 0.136. The number of halogens is 1. The lowest BCUT2D eigenvalue weighted by molar-refractivity contribution is 0.0950. The number of benzene rings is 3. The standard InChI is InChI=1S/C22H20ClNO2/c1-16-7-2-3-8-18(16)14-24-22(25)17-10-6-11-20(13-17)26-15-19-9-4-5-12-21(19)23/h2-13H,14-15H2,1H3,(H,24,25). The molecule has 3 nitrogen and oxygen atoms in total. The summed E-state index contributed by atoms with van der Waals surface area (Å²) in [6.45, 7) is 2.88. The molecule has 0 spiro atoms. The van der Waals surface area contributed by atoms with Gasteiger partial charge in [0.05, 0.1) is 0 Å². The summed E-state index contributed by atoms with van der Waals surface area (Å²) < 4.78 is 5.78. The number of rotatable bonds is 6. The van der Waals surface area contributed by atoms with Gasteiger partial charge >= 0.3 is 0 Å². The number of aryl methyl sites for hydroxylation is 1. The Kier molecular flexibility index (Phi) is 5.92. The average Bonchev–Trinajstić information content (AvgIpc) is 2.67. The Morgan fingerprint density at radius 1 is 0.962 bits per heavy atom. The lowest BCUT2D eigenvalue weighted by Crippen LogP contribution is -2.23. The van der Waals surface area contributed by atoms with Gasteiger partial charge in [-0.1, -0.05) is 60.1 Å². The summed E-state index contributed by atoms with van der Waals surface area (Å²) in [7, 11) is 0. The van der Waals surface area contributed by atoms with Crippen molar-refractivity contribution in [2.75, 3.05) is 0 Å². The molecule has 0 aromatic heterocycles. The van der Waals surface area contributed by atoms with E-state index < -0.39 is 0 Å². The van der Waals surface area contributed by atoms with E-state index in [1.165, 1.54) is 0 Å². The van der Waals surface area contributed by atoms with Gasteiger partial charge in [0.1, 0.15) is 12.4 Å². The fourth-order valence-corrected chi connectivity index (χ4v) is 2.78. The highest BCUT2D eigenvalue weighted by Gasteiger charge is 2.08. The van der Waals surface area contributed by atoms with Crippen LogP contribution in [0.5, 0.6) is 5.75 Å². The van der Waals surface area contributed by atoms with Crippen molar-refractivity contribution in [3.8, 4) is 5.75 Å². The van der Waals surface area contributed by atoms with Gasteiger partial charge in [0, 0.05) is 22.7 Å². The van der Waals surface area contributed by atoms with Crippen LogP contribution in [-0.2, 0) is 13.2 Å². The monoisotopic (exact) mass is 365 g/mol. The third-order valence-corrected chi connectivity index (χ3v) is 4.52. The third-order valence-electron chi connectivity index (χ3n) is 4.15. The normalized spacial score (nSPS) is 10.4. The molecule has 0 fully saturated rings. The second kappa shape index (κ2) is 8.54. The van der Waals surface area contributed by atoms with E-state index in [4.69, 9.17) is 16.3 Å². The summed E-state index contributed by atoms with van der Waals surface area (Å²) in [5, 5.41) is 3.62. The molecule has 0 radical (unpaired) electrons. The van der Waals surface area contributed by atoms with E-state index in [1.807, 2.05) is 67.6 Å². The van der Waals surface area contributed by atoms with Crippen molar-refractivity contribution in [2.24, 2.45) is 0 Å². The second-order valence-corrected chi connectivity index (χ2v) is 6.42. The molecular formula is C22H20ClNO2. The molecule has 0 unspecified atom stereocenters. The molecule has 0 bridgehead atoms. The zero-order valence-electron chi connectivity index (χ0n) is 14.5. The first-order chi connectivity index (χ1) is 12.6. The smallest absolute Gasteiger partial charge is 0.251 e. The minimum atomic E-state index is -0.128. The van der Waals surface area contributed by atoms with E-state index in [0.29, 0.717) is 29.5 Å². The maximum Gasteiger partial charge on any atom is 0.251 e. The largest absolute Gasteiger partial charge is 0.489 e. The van der Waals surface area contributed by atoms with Crippen LogP contribution in [0.3, 0.4) is 0 Å². The predicted octanol–water partition coefficient (Wildman–Crippen LogP) is 5.16. The van der Waals surface area contributed by atoms with Crippen molar-refractivity contribution < 1.29 is 9.53 Å². The Morgan fingerprint density at radius 3 is 2.46 bits per heavy atom. The van der Waals surface area contributed by atoms with Crippen LogP contribution >= 0.6 is 11.6 Å². The van der Waals surface area contributed by atoms with Gasteiger partial charge < -0.3 is 10.1 Å². The van der Waals surface area contributed by atoms with Crippen LogP contribution in [0.2, 0.25) is 5.02 Å². The van der Waals surface area contributed by atoms with Crippen molar-refractivity contribution in [3.05, 3.63) is 100 Å². The number of carbonyl (C=O) groups excluding carboxylic acids is 1. The highest BCUT2D eigenvalue weighted by Crippen LogP contribution is 2.19. The molecule has 0 aliphatic rings. The molecular weight excluding hydrogens is 346 g/mol. The molecule has 132 valence electrons. The van der Waals surface area contributed by atoms with Crippen LogP contribution in [0, 0.1) is 6.92 Å². The first-order valence-corrected chi connectivity index (χ1v) is 8.80. The molecule has 0 atom stereocenters. The number of hydrogen-bond acceptors (Lipinski definition) is 2. The number of nitrogens with one attached hydrogen (secondary N) is 1. The highest BCUT2D eigenvalue weighted by molar-refractivity contribution is 6.31. The van der Waals surface area contributed by atoms with Crippen molar-refractivity contribution in [1.29, 1.82) is 0 Å². The zero-order chi connectivity index (χ0) is 18.4. The molecule has 4 heteroatoms. The number of carbonyl (C=O) groups is 1. The molecule has 0 saturated heterocycles. The van der Waals surface area contributed by atoms with Crippen molar-refractivity contribution in [2.45, 2.75) is 20.1 Å². The van der Waals surface area contributed by atoms with Crippen molar-refractivity contribution >= 4 is 17.5 Å². The van der Waals surface area contributed by atoms with Gasteiger partial charge in [-0.2, -0.15) is 0 Å². The van der Waals surface area contributed by atoms with E-state index in [2.05, 4.69) is 5.32 Å². The topological polar surface area (TPSA) is 38.3 Å². The molecule has 0 aliphatic heterocycles. The number of hydrogen-bond donors (Lipinski definition) is 1. The van der Waals surface area contributed by atoms with Gasteiger partial charge in [0.2, 0.25) is 0 Å². The lowest BCUT2D eigenvalue weighted by atomic mass is 10.1. The Morgan fingerprint density at radius 2 is 1.69 bits per heavy atom. The van der Waals surface area contributed by atoms with E-state index in [9.17, 15) is 4.79 Å². The number of ether oxygens (including phenoxy) is 1. The Balaban J connectivity index is 1.62. The van der Waals surface area contributed by atoms with E-state index in [1.54, 1.807) is 12.1 Å². The van der Waals surface area contributed by atoms with Gasteiger partial charge in [-0.15, -0.1) is 0 Å². The minimum Gasteiger partial charge on any atom is -0.489 e. The van der Waals surface area contributed by atoms with E-state index in [0.717, 1.165) is 16.7 Å². The van der Waals surface area contributed by atoms with Crippen LogP contribution in [0.15, 0.2) is 72.8 Å². The summed E-state index contributed by atoms with van der Waals surface area (Å²) in [6, 6.07) is 22.7. The van der Waals surface area contributed by atoms with E-state index >= 15 is 0 Å². The molecule has 0 aliphatic carbocycles. The quantitative estimate of drug-likeness (QED) is 0.655. The minimum absolute atomic E-state index is 0.128. The van der Waals surface area contributed by atoms with Crippen molar-refractivity contribution in [1.82, 2.24) is 5.32 Å². The summed E-state index contributed by atoms with van der Waals surface area (Å²) in [5.41, 5.74) is 3.73. The Hall–Kier alpha value is -2.78. The molecule has 3 rings (SSSR count). The molecule has 0 saturated carbocycles. The Labute approximate surface area is 158 Å². The number of amides is 1. The zero-order valence-corrected chi connectivity index (χ0v) is 15.3. The predicted molar refractivity (Wildman–Crippen MR) is 105 cm³/mol. The van der Waals surface area contributed by atoms with Crippen LogP contribution in [-0.4, -0.2) is 5.91 Å². The molecule has 1 N–H and O–H groups in total. The van der Waals surface area contributed by atoms with Gasteiger partial charge in [0.25, 0.3) is 5.91 Å². The maximum atomic E-state index is 12.4. The molecule has 3 aromatic carbocycles. The molecule has 0 heterocycles. The second-order valence-electron chi connectivity index (χ2n) is 6.02. The molecule has 1 amide bonds. The first-order valence-electron chi connectivity index (χ1n) is 8.42. The van der Waals surface area contributed by atoms with Gasteiger partial charge in [-0.05, 0) is 42.3 Å². The van der Waals surface area contributed by atoms with Gasteiger partial charge in [-0.3, -0.25) is 4.79 Å². The summed E-state index contributed by atoms with van der Waals surface area (Å²) >= 11 is 6.14. The summed E-state index contributed by atoms with van der Waals surface area (Å²) in [4.78, 5) is 12.4. The summed E-state index contributed by atoms with van der Waals surface area (Å²) in [6.07, 6.45) is 0. The molecule has 26 heavy (non-hydrogen) atoms. The van der Waals surface area contributed by atoms with Crippen molar-refractivity contribution in [3.63, 3.8) is 0 Å². The third kappa shape index (κ3) is 4.64. The lowest BCUT2D eigenvalue weighted by Gasteiger charge is -2.10. The fourth-order valence-electron chi connectivity index (χ4n) is 2.59. The van der Waals surface area contributed by atoms with Crippen LogP contribution in [0.4, 0.5) is 0 Å². The van der Waals surface area contributed by atoms with Crippen LogP contribution in [0.1, 0.15) is 27.0 Å². The van der Waals surface area contributed by atoms with Crippen LogP contribution < -0.4 is 10.1 Å². The van der Waals surface area contributed by atoms with Gasteiger partial charge in [-0.25, -0.2) is 0 Å². The Bertz CT molecular complexity index is 908. The summed E-state index contributed by atoms with van der Waals surface area (Å²) in [5.74, 6) is 0.505. The van der Waals surface area contributed by atoms with Gasteiger partial charge in [0.15, 0.2) is 0 Å². The molecule has 3 aromatic rings. The van der Waals surface area contributed by atoms with Crippen LogP contribution in [0.25, 0.3) is 0 Å². The highest BCUT2D eigenvalue weighted by atomic mass is 35.5. The SMILES string of the molecule is Cc1ccccc1CNC(=O)c1cccc(OCc2ccccc2Cl)c1. The maximum absolute atomic E-state index is 12.4. The first kappa shape index (κ1) is 18.0. The average molecular weight is 366 g/mol.